The minimum absolute atomic E-state index is 0.00889. The van der Waals surface area contributed by atoms with Gasteiger partial charge in [-0.1, -0.05) is 13.3 Å². The normalized spacial score (nSPS) is 13.3. The first-order valence-electron chi connectivity index (χ1n) is 9.80. The number of carbonyl (C=O) groups is 2. The highest BCUT2D eigenvalue weighted by Crippen LogP contribution is 2.32. The molecule has 180 valence electrons. The lowest BCUT2D eigenvalue weighted by Crippen LogP contribution is -2.24. The topological polar surface area (TPSA) is 82.5 Å². The maximum Gasteiger partial charge on any atom is 0.490 e. The number of rotatable bonds is 6. The zero-order valence-corrected chi connectivity index (χ0v) is 17.4. The van der Waals surface area contributed by atoms with E-state index in [0.717, 1.165) is 37.2 Å². The van der Waals surface area contributed by atoms with Gasteiger partial charge in [0.2, 0.25) is 0 Å². The molecule has 0 aliphatic carbocycles. The molecule has 0 fully saturated rings. The van der Waals surface area contributed by atoms with Crippen LogP contribution in [0.15, 0.2) is 36.7 Å². The number of benzene rings is 1. The van der Waals surface area contributed by atoms with Crippen molar-refractivity contribution in [2.45, 2.75) is 45.2 Å². The second-order valence-corrected chi connectivity index (χ2v) is 7.14. The van der Waals surface area contributed by atoms with Crippen molar-refractivity contribution in [3.8, 4) is 0 Å². The fourth-order valence-corrected chi connectivity index (χ4v) is 3.06. The van der Waals surface area contributed by atoms with Gasteiger partial charge in [-0.2, -0.15) is 26.3 Å². The number of nitrogens with one attached hydrogen (secondary N) is 1. The first kappa shape index (κ1) is 25.9. The number of pyridine rings is 1. The molecule has 1 aromatic carbocycles. The fraction of sp³-hybridized carbons (Fsp3) is 0.381. The predicted octanol–water partition coefficient (Wildman–Crippen LogP) is 5.10. The second kappa shape index (κ2) is 10.5. The molecule has 2 N–H and O–H groups in total. The third-order valence-corrected chi connectivity index (χ3v) is 4.70. The van der Waals surface area contributed by atoms with Crippen molar-refractivity contribution in [3.63, 3.8) is 0 Å². The number of anilines is 1. The van der Waals surface area contributed by atoms with Gasteiger partial charge in [-0.25, -0.2) is 4.79 Å². The van der Waals surface area contributed by atoms with Crippen molar-refractivity contribution in [1.29, 1.82) is 0 Å². The third kappa shape index (κ3) is 7.09. The number of carbonyl (C=O) groups excluding carboxylic acids is 1. The van der Waals surface area contributed by atoms with E-state index in [2.05, 4.69) is 17.2 Å². The lowest BCUT2D eigenvalue weighted by Gasteiger charge is -2.14. The second-order valence-electron chi connectivity index (χ2n) is 7.14. The molecule has 0 bridgehead atoms. The van der Waals surface area contributed by atoms with E-state index in [1.165, 1.54) is 6.20 Å². The van der Waals surface area contributed by atoms with Gasteiger partial charge in [0.1, 0.15) is 0 Å². The van der Waals surface area contributed by atoms with Crippen LogP contribution in [0, 0.1) is 0 Å². The predicted molar refractivity (Wildman–Crippen MR) is 106 cm³/mol. The number of halogens is 6. The number of carboxylic acid groups (broad SMARTS) is 1. The molecular weight excluding hydrogens is 456 g/mol. The summed E-state index contributed by atoms with van der Waals surface area (Å²) < 4.78 is 70.9. The van der Waals surface area contributed by atoms with Crippen LogP contribution in [0.1, 0.15) is 46.8 Å². The summed E-state index contributed by atoms with van der Waals surface area (Å²) in [7, 11) is 0. The molecule has 1 aliphatic heterocycles. The van der Waals surface area contributed by atoms with E-state index >= 15 is 0 Å². The Labute approximate surface area is 185 Å². The summed E-state index contributed by atoms with van der Waals surface area (Å²) in [5, 5.41) is 10.1. The highest BCUT2D eigenvalue weighted by atomic mass is 19.4. The van der Waals surface area contributed by atoms with Crippen LogP contribution >= 0.6 is 0 Å². The Hall–Kier alpha value is -3.31. The SMILES string of the molecule is CCCCN1Cc2cc(NCc3cnccc3C(F)(F)F)ccc2C1=O.O=C(O)C(F)(F)F. The molecule has 0 saturated carbocycles. The van der Waals surface area contributed by atoms with E-state index in [1.807, 2.05) is 6.07 Å². The van der Waals surface area contributed by atoms with Gasteiger partial charge >= 0.3 is 18.3 Å². The average molecular weight is 477 g/mol. The molecule has 12 heteroatoms. The summed E-state index contributed by atoms with van der Waals surface area (Å²) in [6, 6.07) is 6.27. The van der Waals surface area contributed by atoms with Crippen molar-refractivity contribution in [3.05, 3.63) is 58.9 Å². The van der Waals surface area contributed by atoms with Crippen LogP contribution in [0.3, 0.4) is 0 Å². The number of nitrogens with zero attached hydrogens (tertiary/aromatic N) is 2. The van der Waals surface area contributed by atoms with Crippen LogP contribution in [-0.2, 0) is 24.1 Å². The average Bonchev–Trinajstić information content (AvgIpc) is 3.05. The molecule has 1 amide bonds. The molecule has 0 spiro atoms. The number of aromatic nitrogens is 1. The Morgan fingerprint density at radius 1 is 1.18 bits per heavy atom. The summed E-state index contributed by atoms with van der Waals surface area (Å²) in [5.41, 5.74) is 1.65. The van der Waals surface area contributed by atoms with Gasteiger partial charge in [0.05, 0.1) is 5.56 Å². The number of fused-ring (bicyclic) bond motifs is 1. The molecule has 1 aromatic heterocycles. The van der Waals surface area contributed by atoms with Crippen molar-refractivity contribution >= 4 is 17.6 Å². The molecule has 6 nitrogen and oxygen atoms in total. The molecule has 2 aromatic rings. The molecule has 0 saturated heterocycles. The van der Waals surface area contributed by atoms with Crippen molar-refractivity contribution in [2.75, 3.05) is 11.9 Å². The zero-order valence-electron chi connectivity index (χ0n) is 17.4. The van der Waals surface area contributed by atoms with Crippen LogP contribution in [0.5, 0.6) is 0 Å². The van der Waals surface area contributed by atoms with E-state index in [0.29, 0.717) is 17.8 Å². The van der Waals surface area contributed by atoms with Crippen LogP contribution in [-0.4, -0.2) is 39.6 Å². The Kier molecular flexibility index (Phi) is 8.29. The first-order chi connectivity index (χ1) is 15.3. The Morgan fingerprint density at radius 3 is 2.42 bits per heavy atom. The summed E-state index contributed by atoms with van der Waals surface area (Å²) in [6.45, 7) is 3.35. The maximum absolute atomic E-state index is 13.0. The lowest BCUT2D eigenvalue weighted by molar-refractivity contribution is -0.192. The van der Waals surface area contributed by atoms with E-state index in [-0.39, 0.29) is 18.0 Å². The first-order valence-corrected chi connectivity index (χ1v) is 9.80. The van der Waals surface area contributed by atoms with E-state index in [1.54, 1.807) is 17.0 Å². The monoisotopic (exact) mass is 477 g/mol. The molecule has 0 unspecified atom stereocenters. The standard InChI is InChI=1S/C19H20F3N3O.C2HF3O2/c1-2-3-8-25-12-13-9-15(4-5-16(13)18(25)26)24-11-14-10-23-7-6-17(14)19(20,21)22;3-2(4,5)1(6)7/h4-7,9-10,24H,2-3,8,11-12H2,1H3;(H,6,7). The lowest BCUT2D eigenvalue weighted by atomic mass is 10.1. The molecule has 2 heterocycles. The van der Waals surface area contributed by atoms with Crippen LogP contribution < -0.4 is 5.32 Å². The van der Waals surface area contributed by atoms with Gasteiger partial charge in [-0.3, -0.25) is 9.78 Å². The molecular formula is C21H21F6N3O3. The number of amides is 1. The van der Waals surface area contributed by atoms with E-state index in [4.69, 9.17) is 9.90 Å². The van der Waals surface area contributed by atoms with Crippen LogP contribution in [0.2, 0.25) is 0 Å². The number of hydrogen-bond acceptors (Lipinski definition) is 4. The van der Waals surface area contributed by atoms with Gasteiger partial charge in [0.25, 0.3) is 5.91 Å². The van der Waals surface area contributed by atoms with Crippen molar-refractivity contribution in [1.82, 2.24) is 9.88 Å². The molecule has 1 aliphatic rings. The number of carboxylic acids is 1. The van der Waals surface area contributed by atoms with Gasteiger partial charge < -0.3 is 15.3 Å². The largest absolute Gasteiger partial charge is 0.490 e. The highest BCUT2D eigenvalue weighted by molar-refractivity contribution is 5.98. The van der Waals surface area contributed by atoms with Gasteiger partial charge in [0, 0.05) is 48.8 Å². The Morgan fingerprint density at radius 2 is 1.85 bits per heavy atom. The van der Waals surface area contributed by atoms with E-state index < -0.39 is 23.9 Å². The number of unbranched alkanes of at least 4 members (excludes halogenated alkanes) is 1. The number of hydrogen-bond donors (Lipinski definition) is 2. The van der Waals surface area contributed by atoms with Crippen molar-refractivity contribution in [2.24, 2.45) is 0 Å². The van der Waals surface area contributed by atoms with Crippen molar-refractivity contribution < 1.29 is 41.0 Å². The quantitative estimate of drug-likeness (QED) is 0.566. The Balaban J connectivity index is 0.000000479. The number of aliphatic carboxylic acids is 1. The summed E-state index contributed by atoms with van der Waals surface area (Å²) in [4.78, 5) is 26.8. The third-order valence-electron chi connectivity index (χ3n) is 4.70. The van der Waals surface area contributed by atoms with Gasteiger partial charge in [-0.15, -0.1) is 0 Å². The number of alkyl halides is 6. The Bertz CT molecular complexity index is 992. The van der Waals surface area contributed by atoms with E-state index in [9.17, 15) is 31.1 Å². The van der Waals surface area contributed by atoms with Crippen LogP contribution in [0.4, 0.5) is 32.0 Å². The summed E-state index contributed by atoms with van der Waals surface area (Å²) in [6.07, 6.45) is -5.17. The summed E-state index contributed by atoms with van der Waals surface area (Å²) in [5.74, 6) is -2.74. The van der Waals surface area contributed by atoms with Gasteiger partial charge in [-0.05, 0) is 36.2 Å². The smallest absolute Gasteiger partial charge is 0.475 e. The molecule has 3 rings (SSSR count). The van der Waals surface area contributed by atoms with Gasteiger partial charge in [0.15, 0.2) is 0 Å². The fourth-order valence-electron chi connectivity index (χ4n) is 3.06. The van der Waals surface area contributed by atoms with Crippen LogP contribution in [0.25, 0.3) is 0 Å². The summed E-state index contributed by atoms with van der Waals surface area (Å²) >= 11 is 0. The highest BCUT2D eigenvalue weighted by Gasteiger charge is 2.38. The maximum atomic E-state index is 13.0. The zero-order chi connectivity index (χ0) is 24.8. The minimum atomic E-state index is -5.08. The minimum Gasteiger partial charge on any atom is -0.475 e. The molecule has 0 radical (unpaired) electrons. The molecule has 33 heavy (non-hydrogen) atoms. The molecule has 0 atom stereocenters.